The number of benzene rings is 1. The van der Waals surface area contributed by atoms with E-state index in [0.29, 0.717) is 30.6 Å². The zero-order chi connectivity index (χ0) is 16.0. The van der Waals surface area contributed by atoms with Gasteiger partial charge in [-0.1, -0.05) is 13.8 Å². The number of ether oxygens (including phenoxy) is 2. The van der Waals surface area contributed by atoms with Gasteiger partial charge in [0, 0.05) is 19.0 Å². The summed E-state index contributed by atoms with van der Waals surface area (Å²) in [6.45, 7) is 8.96. The number of halogens is 1. The molecule has 21 heavy (non-hydrogen) atoms. The average Bonchev–Trinajstić information content (AvgIpc) is 2.36. The molecule has 0 unspecified atom stereocenters. The van der Waals surface area contributed by atoms with Crippen LogP contribution in [0.1, 0.15) is 39.7 Å². The summed E-state index contributed by atoms with van der Waals surface area (Å²) in [5, 5.41) is 13.1. The molecule has 0 saturated carbocycles. The molecule has 0 atom stereocenters. The van der Waals surface area contributed by atoms with Crippen LogP contribution < -0.4 is 14.8 Å². The molecule has 4 nitrogen and oxygen atoms in total. The highest BCUT2D eigenvalue weighted by molar-refractivity contribution is 9.10. The van der Waals surface area contributed by atoms with Gasteiger partial charge < -0.3 is 19.9 Å². The standard InChI is InChI=1S/C16H26BrNO3/c1-11(2)18-10-12-8-13(17)15(14(9-12)20-5)21-7-6-16(3,4)19/h8-9,11,18-19H,6-7,10H2,1-5H3. The van der Waals surface area contributed by atoms with Gasteiger partial charge in [-0.3, -0.25) is 0 Å². The largest absolute Gasteiger partial charge is 0.493 e. The zero-order valence-corrected chi connectivity index (χ0v) is 15.1. The first-order chi connectivity index (χ1) is 9.73. The second-order valence-corrected chi connectivity index (χ2v) is 6.91. The summed E-state index contributed by atoms with van der Waals surface area (Å²) in [6.07, 6.45) is 0.555. The lowest BCUT2D eigenvalue weighted by atomic mass is 10.1. The van der Waals surface area contributed by atoms with E-state index in [1.807, 2.05) is 12.1 Å². The smallest absolute Gasteiger partial charge is 0.175 e. The predicted octanol–water partition coefficient (Wildman–Crippen LogP) is 3.50. The van der Waals surface area contributed by atoms with Gasteiger partial charge in [-0.15, -0.1) is 0 Å². The molecule has 1 aromatic rings. The van der Waals surface area contributed by atoms with Crippen LogP contribution in [0.2, 0.25) is 0 Å². The number of aliphatic hydroxyl groups is 1. The van der Waals surface area contributed by atoms with Crippen LogP contribution in [0, 0.1) is 0 Å². The molecule has 0 aliphatic heterocycles. The summed E-state index contributed by atoms with van der Waals surface area (Å²) in [5.41, 5.74) is 0.392. The monoisotopic (exact) mass is 359 g/mol. The zero-order valence-electron chi connectivity index (χ0n) is 13.5. The van der Waals surface area contributed by atoms with Crippen molar-refractivity contribution in [1.82, 2.24) is 5.32 Å². The number of rotatable bonds is 8. The average molecular weight is 360 g/mol. The number of nitrogens with one attached hydrogen (secondary N) is 1. The lowest BCUT2D eigenvalue weighted by Crippen LogP contribution is -2.22. The van der Waals surface area contributed by atoms with E-state index in [1.165, 1.54) is 0 Å². The molecule has 0 saturated heterocycles. The molecule has 1 aromatic carbocycles. The van der Waals surface area contributed by atoms with E-state index in [2.05, 4.69) is 35.1 Å². The second-order valence-electron chi connectivity index (χ2n) is 6.06. The van der Waals surface area contributed by atoms with E-state index in [-0.39, 0.29) is 0 Å². The summed E-state index contributed by atoms with van der Waals surface area (Å²) in [4.78, 5) is 0. The van der Waals surface area contributed by atoms with Crippen LogP contribution in [0.4, 0.5) is 0 Å². The minimum atomic E-state index is -0.735. The minimum Gasteiger partial charge on any atom is -0.493 e. The Morgan fingerprint density at radius 3 is 2.52 bits per heavy atom. The first-order valence-corrected chi connectivity index (χ1v) is 7.97. The van der Waals surface area contributed by atoms with E-state index in [1.54, 1.807) is 21.0 Å². The normalized spacial score (nSPS) is 11.8. The topological polar surface area (TPSA) is 50.7 Å². The Hall–Kier alpha value is -0.780. The van der Waals surface area contributed by atoms with Crippen LogP contribution in [0.3, 0.4) is 0 Å². The third-order valence-electron chi connectivity index (χ3n) is 2.96. The van der Waals surface area contributed by atoms with Gasteiger partial charge in [-0.2, -0.15) is 0 Å². The van der Waals surface area contributed by atoms with E-state index in [0.717, 1.165) is 16.6 Å². The Labute approximate surface area is 136 Å². The molecule has 0 radical (unpaired) electrons. The van der Waals surface area contributed by atoms with Crippen molar-refractivity contribution in [3.63, 3.8) is 0 Å². The van der Waals surface area contributed by atoms with Crippen LogP contribution in [-0.4, -0.2) is 30.5 Å². The fraction of sp³-hybridized carbons (Fsp3) is 0.625. The Morgan fingerprint density at radius 2 is 2.00 bits per heavy atom. The highest BCUT2D eigenvalue weighted by atomic mass is 79.9. The number of hydrogen-bond donors (Lipinski definition) is 2. The predicted molar refractivity (Wildman–Crippen MR) is 89.1 cm³/mol. The maximum Gasteiger partial charge on any atom is 0.175 e. The molecule has 1 rings (SSSR count). The van der Waals surface area contributed by atoms with Crippen molar-refractivity contribution in [2.24, 2.45) is 0 Å². The van der Waals surface area contributed by atoms with Gasteiger partial charge >= 0.3 is 0 Å². The van der Waals surface area contributed by atoms with E-state index in [4.69, 9.17) is 9.47 Å². The molecule has 0 fully saturated rings. The van der Waals surface area contributed by atoms with E-state index < -0.39 is 5.60 Å². The number of methoxy groups -OCH3 is 1. The molecule has 0 spiro atoms. The van der Waals surface area contributed by atoms with Crippen molar-refractivity contribution in [3.8, 4) is 11.5 Å². The number of hydrogen-bond acceptors (Lipinski definition) is 4. The van der Waals surface area contributed by atoms with Crippen molar-refractivity contribution in [2.75, 3.05) is 13.7 Å². The molecule has 2 N–H and O–H groups in total. The lowest BCUT2D eigenvalue weighted by Gasteiger charge is -2.19. The second kappa shape index (κ2) is 8.01. The fourth-order valence-electron chi connectivity index (χ4n) is 1.74. The summed E-state index contributed by atoms with van der Waals surface area (Å²) >= 11 is 3.53. The van der Waals surface area contributed by atoms with Gasteiger partial charge in [0.1, 0.15) is 0 Å². The van der Waals surface area contributed by atoms with Crippen molar-refractivity contribution in [1.29, 1.82) is 0 Å². The highest BCUT2D eigenvalue weighted by Crippen LogP contribution is 2.37. The van der Waals surface area contributed by atoms with Crippen LogP contribution in [-0.2, 0) is 6.54 Å². The van der Waals surface area contributed by atoms with E-state index >= 15 is 0 Å². The molecule has 0 aromatic heterocycles. The molecule has 5 heteroatoms. The van der Waals surface area contributed by atoms with Crippen molar-refractivity contribution in [3.05, 3.63) is 22.2 Å². The molecule has 0 bridgehead atoms. The molecular weight excluding hydrogens is 334 g/mol. The molecular formula is C16H26BrNO3. The Kier molecular flexibility index (Phi) is 6.97. The van der Waals surface area contributed by atoms with Crippen LogP contribution in [0.5, 0.6) is 11.5 Å². The summed E-state index contributed by atoms with van der Waals surface area (Å²) in [7, 11) is 1.63. The molecule has 120 valence electrons. The van der Waals surface area contributed by atoms with Crippen LogP contribution >= 0.6 is 15.9 Å². The van der Waals surface area contributed by atoms with Crippen LogP contribution in [0.25, 0.3) is 0 Å². The van der Waals surface area contributed by atoms with Crippen molar-refractivity contribution >= 4 is 15.9 Å². The summed E-state index contributed by atoms with van der Waals surface area (Å²) in [5.74, 6) is 1.37. The first kappa shape index (κ1) is 18.3. The van der Waals surface area contributed by atoms with Gasteiger partial charge in [-0.25, -0.2) is 0 Å². The van der Waals surface area contributed by atoms with Gasteiger partial charge in [0.25, 0.3) is 0 Å². The Morgan fingerprint density at radius 1 is 1.33 bits per heavy atom. The SMILES string of the molecule is COc1cc(CNC(C)C)cc(Br)c1OCCC(C)(C)O. The third-order valence-corrected chi connectivity index (χ3v) is 3.55. The van der Waals surface area contributed by atoms with Gasteiger partial charge in [0.2, 0.25) is 0 Å². The summed E-state index contributed by atoms with van der Waals surface area (Å²) in [6, 6.07) is 4.43. The van der Waals surface area contributed by atoms with Gasteiger partial charge in [0.05, 0.1) is 23.8 Å². The van der Waals surface area contributed by atoms with Gasteiger partial charge in [-0.05, 0) is 47.5 Å². The van der Waals surface area contributed by atoms with Crippen molar-refractivity contribution < 1.29 is 14.6 Å². The summed E-state index contributed by atoms with van der Waals surface area (Å²) < 4.78 is 12.0. The maximum atomic E-state index is 9.73. The maximum absolute atomic E-state index is 9.73. The quantitative estimate of drug-likeness (QED) is 0.745. The molecule has 0 aliphatic carbocycles. The van der Waals surface area contributed by atoms with Crippen LogP contribution in [0.15, 0.2) is 16.6 Å². The minimum absolute atomic E-state index is 0.428. The third kappa shape index (κ3) is 6.68. The molecule has 0 amide bonds. The molecule has 0 heterocycles. The lowest BCUT2D eigenvalue weighted by molar-refractivity contribution is 0.0548. The first-order valence-electron chi connectivity index (χ1n) is 7.18. The van der Waals surface area contributed by atoms with Crippen molar-refractivity contribution in [2.45, 2.75) is 52.3 Å². The Bertz CT molecular complexity index is 456. The molecule has 0 aliphatic rings. The highest BCUT2D eigenvalue weighted by Gasteiger charge is 2.15. The fourth-order valence-corrected chi connectivity index (χ4v) is 2.34. The van der Waals surface area contributed by atoms with Gasteiger partial charge in [0.15, 0.2) is 11.5 Å². The Balaban J connectivity index is 2.79. The van der Waals surface area contributed by atoms with E-state index in [9.17, 15) is 5.11 Å².